The number of aromatic nitrogens is 1. The highest BCUT2D eigenvalue weighted by Crippen LogP contribution is 2.34. The van der Waals surface area contributed by atoms with Crippen molar-refractivity contribution in [1.29, 1.82) is 0 Å². The van der Waals surface area contributed by atoms with Gasteiger partial charge in [-0.2, -0.15) is 5.01 Å². The number of carbonyl (C=O) groups excluding carboxylic acids is 2. The first-order valence-electron chi connectivity index (χ1n) is 10.2. The monoisotopic (exact) mass is 458 g/mol. The summed E-state index contributed by atoms with van der Waals surface area (Å²) in [7, 11) is 0. The lowest BCUT2D eigenvalue weighted by Gasteiger charge is -2.52. The summed E-state index contributed by atoms with van der Waals surface area (Å²) < 4.78 is 18.5. The average Bonchev–Trinajstić information content (AvgIpc) is 3.06. The number of benzene rings is 1. The molecular formula is C22H23FN4O6. The molecule has 1 saturated heterocycles. The van der Waals surface area contributed by atoms with E-state index in [1.807, 2.05) is 0 Å². The van der Waals surface area contributed by atoms with Crippen LogP contribution in [0.25, 0.3) is 0 Å². The van der Waals surface area contributed by atoms with E-state index in [9.17, 15) is 29.0 Å². The lowest BCUT2D eigenvalue weighted by atomic mass is 9.83. The largest absolute Gasteiger partial charge is 0.478 e. The van der Waals surface area contributed by atoms with Gasteiger partial charge in [0.15, 0.2) is 11.6 Å². The maximum absolute atomic E-state index is 13.4. The molecule has 2 unspecified atom stereocenters. The van der Waals surface area contributed by atoms with Crippen LogP contribution in [-0.2, 0) is 27.5 Å². The van der Waals surface area contributed by atoms with Crippen LogP contribution in [0.3, 0.4) is 0 Å². The van der Waals surface area contributed by atoms with Gasteiger partial charge in [0, 0.05) is 18.3 Å². The Morgan fingerprint density at radius 2 is 1.91 bits per heavy atom. The van der Waals surface area contributed by atoms with Crippen molar-refractivity contribution in [1.82, 2.24) is 20.1 Å². The molecule has 0 saturated carbocycles. The number of Topliss-reactive ketones (excluding diaryl/α,β-unsaturated/α-hetero) is 1. The SMILES string of the molecule is Cc1noc(C)c1CN1CN(Cc2ccc(F)cc2)C(=O)C2N1C=C(C(=O)O)C(=O)C2(C)O. The molecule has 33 heavy (non-hydrogen) atoms. The molecule has 2 aliphatic heterocycles. The summed E-state index contributed by atoms with van der Waals surface area (Å²) in [5.74, 6) is -2.98. The summed E-state index contributed by atoms with van der Waals surface area (Å²) in [6, 6.07) is 4.25. The molecule has 4 rings (SSSR count). The number of carbonyl (C=O) groups is 3. The highest BCUT2D eigenvalue weighted by Gasteiger charge is 2.56. The average molecular weight is 458 g/mol. The number of aliphatic carboxylic acids is 1. The normalized spacial score (nSPS) is 23.5. The third-order valence-corrected chi connectivity index (χ3v) is 6.01. The smallest absolute Gasteiger partial charge is 0.341 e. The van der Waals surface area contributed by atoms with Gasteiger partial charge in [0.1, 0.15) is 17.2 Å². The number of hydrazine groups is 1. The van der Waals surface area contributed by atoms with Crippen molar-refractivity contribution >= 4 is 17.7 Å². The zero-order chi connectivity index (χ0) is 24.1. The lowest BCUT2D eigenvalue weighted by molar-refractivity contribution is -0.195. The summed E-state index contributed by atoms with van der Waals surface area (Å²) >= 11 is 0. The third-order valence-electron chi connectivity index (χ3n) is 6.01. The van der Waals surface area contributed by atoms with E-state index in [2.05, 4.69) is 5.16 Å². The van der Waals surface area contributed by atoms with Crippen molar-refractivity contribution in [2.75, 3.05) is 6.67 Å². The number of amides is 1. The first-order valence-corrected chi connectivity index (χ1v) is 10.2. The Morgan fingerprint density at radius 1 is 1.24 bits per heavy atom. The van der Waals surface area contributed by atoms with E-state index in [4.69, 9.17) is 4.52 Å². The molecule has 10 nitrogen and oxygen atoms in total. The van der Waals surface area contributed by atoms with E-state index in [-0.39, 0.29) is 19.8 Å². The molecule has 174 valence electrons. The molecule has 1 aromatic carbocycles. The first kappa shape index (κ1) is 22.6. The van der Waals surface area contributed by atoms with Crippen molar-refractivity contribution in [3.63, 3.8) is 0 Å². The molecule has 2 atom stereocenters. The van der Waals surface area contributed by atoms with Gasteiger partial charge in [-0.1, -0.05) is 17.3 Å². The van der Waals surface area contributed by atoms with E-state index in [0.717, 1.165) is 18.7 Å². The van der Waals surface area contributed by atoms with Crippen LogP contribution >= 0.6 is 0 Å². The van der Waals surface area contributed by atoms with Crippen LogP contribution in [0.1, 0.15) is 29.5 Å². The molecule has 0 spiro atoms. The molecule has 3 heterocycles. The van der Waals surface area contributed by atoms with Gasteiger partial charge in [0.2, 0.25) is 5.78 Å². The summed E-state index contributed by atoms with van der Waals surface area (Å²) in [6.07, 6.45) is 1.08. The quantitative estimate of drug-likeness (QED) is 0.634. The van der Waals surface area contributed by atoms with Crippen LogP contribution in [0.2, 0.25) is 0 Å². The molecule has 0 aliphatic carbocycles. The van der Waals surface area contributed by atoms with E-state index < -0.39 is 40.7 Å². The van der Waals surface area contributed by atoms with Crippen LogP contribution < -0.4 is 0 Å². The number of halogens is 1. The molecule has 2 N–H and O–H groups in total. The Morgan fingerprint density at radius 3 is 2.48 bits per heavy atom. The maximum atomic E-state index is 13.4. The van der Waals surface area contributed by atoms with E-state index in [1.54, 1.807) is 31.0 Å². The Labute approximate surface area is 188 Å². The van der Waals surface area contributed by atoms with Gasteiger partial charge in [0.25, 0.3) is 5.91 Å². The summed E-state index contributed by atoms with van der Waals surface area (Å²) in [4.78, 5) is 39.3. The predicted molar refractivity (Wildman–Crippen MR) is 110 cm³/mol. The summed E-state index contributed by atoms with van der Waals surface area (Å²) in [5.41, 5.74) is -0.920. The van der Waals surface area contributed by atoms with Gasteiger partial charge in [-0.25, -0.2) is 9.18 Å². The number of hydrogen-bond donors (Lipinski definition) is 2. The number of rotatable bonds is 5. The molecule has 1 fully saturated rings. The maximum Gasteiger partial charge on any atom is 0.341 e. The second-order valence-corrected chi connectivity index (χ2v) is 8.38. The molecule has 11 heteroatoms. The Bertz CT molecular complexity index is 1140. The second-order valence-electron chi connectivity index (χ2n) is 8.38. The highest BCUT2D eigenvalue weighted by atomic mass is 19.1. The second kappa shape index (κ2) is 8.09. The molecule has 2 aromatic rings. The van der Waals surface area contributed by atoms with E-state index in [0.29, 0.717) is 17.0 Å². The molecule has 1 amide bonds. The van der Waals surface area contributed by atoms with Gasteiger partial charge in [-0.3, -0.25) is 14.6 Å². The Balaban J connectivity index is 1.76. The van der Waals surface area contributed by atoms with Crippen LogP contribution in [0, 0.1) is 19.7 Å². The van der Waals surface area contributed by atoms with Crippen LogP contribution in [0.4, 0.5) is 4.39 Å². The predicted octanol–water partition coefficient (Wildman–Crippen LogP) is 1.12. The number of aryl methyl sites for hydroxylation is 2. The highest BCUT2D eigenvalue weighted by molar-refractivity contribution is 6.21. The minimum absolute atomic E-state index is 0.0183. The molecule has 0 radical (unpaired) electrons. The van der Waals surface area contributed by atoms with Crippen LogP contribution in [-0.4, -0.2) is 66.3 Å². The fourth-order valence-corrected chi connectivity index (χ4v) is 4.16. The molecule has 2 aliphatic rings. The van der Waals surface area contributed by atoms with Gasteiger partial charge >= 0.3 is 5.97 Å². The summed E-state index contributed by atoms with van der Waals surface area (Å²) in [6.45, 7) is 4.91. The Kier molecular flexibility index (Phi) is 5.54. The first-order chi connectivity index (χ1) is 15.5. The number of nitrogens with zero attached hydrogens (tertiary/aromatic N) is 4. The number of carboxylic acids is 1. The topological polar surface area (TPSA) is 127 Å². The lowest BCUT2D eigenvalue weighted by Crippen LogP contribution is -2.72. The fourth-order valence-electron chi connectivity index (χ4n) is 4.16. The fraction of sp³-hybridized carbons (Fsp3) is 0.364. The van der Waals surface area contributed by atoms with Crippen LogP contribution in [0.5, 0.6) is 0 Å². The number of carboxylic acid groups (broad SMARTS) is 1. The van der Waals surface area contributed by atoms with Crippen molar-refractivity contribution < 1.29 is 33.5 Å². The van der Waals surface area contributed by atoms with Crippen molar-refractivity contribution in [3.05, 3.63) is 64.4 Å². The minimum atomic E-state index is -2.29. The standard InChI is InChI=1S/C22H23FN4O6/c1-12-16(13(2)33-24-12)9-26-11-25(8-14-4-6-15(23)7-5-14)20(29)18-22(3,32)19(28)17(21(30)31)10-27(18)26/h4-7,10,18,32H,8-9,11H2,1-3H3,(H,30,31). The van der Waals surface area contributed by atoms with Gasteiger partial charge in [-0.05, 0) is 38.5 Å². The number of ketones is 1. The van der Waals surface area contributed by atoms with Crippen molar-refractivity contribution in [2.45, 2.75) is 45.5 Å². The Hall–Kier alpha value is -3.57. The van der Waals surface area contributed by atoms with Crippen molar-refractivity contribution in [2.24, 2.45) is 0 Å². The number of fused-ring (bicyclic) bond motifs is 1. The van der Waals surface area contributed by atoms with Gasteiger partial charge in [-0.15, -0.1) is 0 Å². The van der Waals surface area contributed by atoms with Gasteiger partial charge < -0.3 is 19.6 Å². The van der Waals surface area contributed by atoms with Gasteiger partial charge in [0.05, 0.1) is 18.9 Å². The molecule has 0 bridgehead atoms. The van der Waals surface area contributed by atoms with E-state index in [1.165, 1.54) is 22.0 Å². The zero-order valence-corrected chi connectivity index (χ0v) is 18.3. The van der Waals surface area contributed by atoms with E-state index >= 15 is 0 Å². The zero-order valence-electron chi connectivity index (χ0n) is 18.3. The van der Waals surface area contributed by atoms with Crippen molar-refractivity contribution in [3.8, 4) is 0 Å². The number of aliphatic hydroxyl groups is 1. The summed E-state index contributed by atoms with van der Waals surface area (Å²) in [5, 5.41) is 27.4. The number of hydrogen-bond acceptors (Lipinski definition) is 8. The molecule has 1 aromatic heterocycles. The van der Waals surface area contributed by atoms with Crippen LogP contribution in [0.15, 0.2) is 40.6 Å². The third kappa shape index (κ3) is 3.89. The molecular weight excluding hydrogens is 435 g/mol. The minimum Gasteiger partial charge on any atom is -0.478 e.